The second kappa shape index (κ2) is 3.65. The number of hydrogen-bond acceptors (Lipinski definition) is 5. The summed E-state index contributed by atoms with van der Waals surface area (Å²) in [5, 5.41) is 9.84. The number of amides is 1. The molecule has 0 saturated heterocycles. The zero-order valence-corrected chi connectivity index (χ0v) is 9.23. The molecule has 0 atom stereocenters. The van der Waals surface area contributed by atoms with Crippen LogP contribution in [0.25, 0.3) is 11.3 Å². The Morgan fingerprint density at radius 3 is 3.06 bits per heavy atom. The average molecular weight is 230 g/mol. The zero-order valence-electron chi connectivity index (χ0n) is 9.23. The molecule has 6 heteroatoms. The molecule has 3 heterocycles. The van der Waals surface area contributed by atoms with E-state index in [4.69, 9.17) is 4.52 Å². The number of nitrogens with zero attached hydrogens (tertiary/aromatic N) is 3. The van der Waals surface area contributed by atoms with E-state index >= 15 is 0 Å². The molecule has 0 aliphatic carbocycles. The van der Waals surface area contributed by atoms with Crippen molar-refractivity contribution in [3.63, 3.8) is 0 Å². The molecule has 0 bridgehead atoms. The minimum Gasteiger partial charge on any atom is -0.346 e. The van der Waals surface area contributed by atoms with Crippen LogP contribution in [0.1, 0.15) is 28.5 Å². The van der Waals surface area contributed by atoms with Crippen molar-refractivity contribution in [2.24, 2.45) is 0 Å². The van der Waals surface area contributed by atoms with Crippen LogP contribution in [-0.4, -0.2) is 21.3 Å². The van der Waals surface area contributed by atoms with Crippen LogP contribution in [0, 0.1) is 0 Å². The van der Waals surface area contributed by atoms with Gasteiger partial charge in [0.25, 0.3) is 5.91 Å². The summed E-state index contributed by atoms with van der Waals surface area (Å²) in [5.41, 5.74) is 3.18. The van der Waals surface area contributed by atoms with Crippen molar-refractivity contribution >= 4 is 5.91 Å². The van der Waals surface area contributed by atoms with Crippen LogP contribution in [0.15, 0.2) is 16.9 Å². The second-order valence-electron chi connectivity index (χ2n) is 3.79. The summed E-state index contributed by atoms with van der Waals surface area (Å²) in [6.45, 7) is 2.49. The van der Waals surface area contributed by atoms with Crippen LogP contribution in [0.3, 0.4) is 0 Å². The number of nitrogens with one attached hydrogen (secondary N) is 1. The van der Waals surface area contributed by atoms with Crippen molar-refractivity contribution in [1.29, 1.82) is 0 Å². The molecule has 2 aromatic rings. The molecule has 17 heavy (non-hydrogen) atoms. The highest BCUT2D eigenvalue weighted by Gasteiger charge is 2.26. The molecule has 1 N–H and O–H groups in total. The predicted octanol–water partition coefficient (Wildman–Crippen LogP) is 0.937. The molecular formula is C11H10N4O2. The highest BCUT2D eigenvalue weighted by Crippen LogP contribution is 2.28. The van der Waals surface area contributed by atoms with Crippen molar-refractivity contribution in [1.82, 2.24) is 20.7 Å². The van der Waals surface area contributed by atoms with Gasteiger partial charge in [-0.3, -0.25) is 9.78 Å². The van der Waals surface area contributed by atoms with E-state index < -0.39 is 0 Å². The molecule has 0 fully saturated rings. The first-order valence-electron chi connectivity index (χ1n) is 5.38. The molecule has 0 saturated carbocycles. The minimum absolute atomic E-state index is 0.0707. The quantitative estimate of drug-likeness (QED) is 0.830. The first kappa shape index (κ1) is 9.95. The maximum Gasteiger partial charge on any atom is 0.253 e. The maximum absolute atomic E-state index is 11.8. The van der Waals surface area contributed by atoms with Gasteiger partial charge in [-0.25, -0.2) is 0 Å². The SMILES string of the molecule is CCc1c(-c2cnno2)cnc2c1C(=O)NC2. The van der Waals surface area contributed by atoms with E-state index in [1.807, 2.05) is 6.92 Å². The number of aromatic nitrogens is 3. The van der Waals surface area contributed by atoms with Gasteiger partial charge in [0.05, 0.1) is 24.0 Å². The van der Waals surface area contributed by atoms with Gasteiger partial charge in [0.1, 0.15) is 0 Å². The van der Waals surface area contributed by atoms with Gasteiger partial charge in [-0.15, -0.1) is 5.10 Å². The zero-order chi connectivity index (χ0) is 11.8. The van der Waals surface area contributed by atoms with Crippen molar-refractivity contribution in [2.75, 3.05) is 0 Å². The molecule has 0 aromatic carbocycles. The lowest BCUT2D eigenvalue weighted by atomic mass is 9.99. The van der Waals surface area contributed by atoms with E-state index in [1.165, 1.54) is 6.20 Å². The largest absolute Gasteiger partial charge is 0.346 e. The van der Waals surface area contributed by atoms with E-state index in [0.717, 1.165) is 23.2 Å². The van der Waals surface area contributed by atoms with Crippen molar-refractivity contribution in [3.05, 3.63) is 29.2 Å². The normalized spacial score (nSPS) is 13.6. The van der Waals surface area contributed by atoms with Crippen LogP contribution in [0.4, 0.5) is 0 Å². The van der Waals surface area contributed by atoms with Gasteiger partial charge in [0.15, 0.2) is 5.76 Å². The van der Waals surface area contributed by atoms with E-state index in [9.17, 15) is 4.79 Å². The molecular weight excluding hydrogens is 220 g/mol. The molecule has 86 valence electrons. The highest BCUT2D eigenvalue weighted by molar-refractivity contribution is 6.00. The standard InChI is InChI=1S/C11H10N4O2/c1-2-6-7(9-5-14-15-17-9)3-12-8-4-13-11(16)10(6)8/h3,5H,2,4H2,1H3,(H,13,16). The molecule has 1 amide bonds. The Morgan fingerprint density at radius 1 is 1.47 bits per heavy atom. The average Bonchev–Trinajstić information content (AvgIpc) is 2.98. The number of pyridine rings is 1. The van der Waals surface area contributed by atoms with E-state index in [-0.39, 0.29) is 5.91 Å². The van der Waals surface area contributed by atoms with Crippen LogP contribution in [0.2, 0.25) is 0 Å². The van der Waals surface area contributed by atoms with Crippen molar-refractivity contribution in [2.45, 2.75) is 19.9 Å². The molecule has 1 aliphatic heterocycles. The maximum atomic E-state index is 11.8. The summed E-state index contributed by atoms with van der Waals surface area (Å²) in [5.74, 6) is 0.468. The van der Waals surface area contributed by atoms with Gasteiger partial charge in [0, 0.05) is 17.0 Å². The summed E-state index contributed by atoms with van der Waals surface area (Å²) < 4.78 is 5.02. The van der Waals surface area contributed by atoms with E-state index in [2.05, 4.69) is 20.7 Å². The third-order valence-corrected chi connectivity index (χ3v) is 2.89. The van der Waals surface area contributed by atoms with E-state index in [1.54, 1.807) is 6.20 Å². The topological polar surface area (TPSA) is 80.9 Å². The smallest absolute Gasteiger partial charge is 0.253 e. The fraction of sp³-hybridized carbons (Fsp3) is 0.273. The molecule has 6 nitrogen and oxygen atoms in total. The number of hydrogen-bond donors (Lipinski definition) is 1. The Morgan fingerprint density at radius 2 is 2.35 bits per heavy atom. The number of rotatable bonds is 2. The lowest BCUT2D eigenvalue weighted by molar-refractivity contribution is 0.0965. The third-order valence-electron chi connectivity index (χ3n) is 2.89. The first-order chi connectivity index (χ1) is 8.31. The third kappa shape index (κ3) is 1.41. The Labute approximate surface area is 97.0 Å². The lowest BCUT2D eigenvalue weighted by Crippen LogP contribution is -2.14. The molecule has 0 spiro atoms. The highest BCUT2D eigenvalue weighted by atomic mass is 16.5. The van der Waals surface area contributed by atoms with Crippen molar-refractivity contribution in [3.8, 4) is 11.3 Å². The van der Waals surface area contributed by atoms with Gasteiger partial charge in [0.2, 0.25) is 0 Å². The molecule has 3 rings (SSSR count). The predicted molar refractivity (Wildman–Crippen MR) is 58.1 cm³/mol. The molecule has 1 aliphatic rings. The van der Waals surface area contributed by atoms with Crippen LogP contribution >= 0.6 is 0 Å². The summed E-state index contributed by atoms with van der Waals surface area (Å²) in [7, 11) is 0. The molecule has 0 radical (unpaired) electrons. The number of fused-ring (bicyclic) bond motifs is 1. The molecule has 0 unspecified atom stereocenters. The summed E-state index contributed by atoms with van der Waals surface area (Å²) in [4.78, 5) is 16.0. The van der Waals surface area contributed by atoms with Gasteiger partial charge < -0.3 is 9.84 Å². The summed E-state index contributed by atoms with van der Waals surface area (Å²) in [6.07, 6.45) is 3.96. The minimum atomic E-state index is -0.0707. The Bertz CT molecular complexity index is 577. The van der Waals surface area contributed by atoms with Crippen LogP contribution in [-0.2, 0) is 13.0 Å². The van der Waals surface area contributed by atoms with Crippen molar-refractivity contribution < 1.29 is 9.32 Å². The van der Waals surface area contributed by atoms with Gasteiger partial charge in [-0.1, -0.05) is 6.92 Å². The van der Waals surface area contributed by atoms with Crippen LogP contribution in [0.5, 0.6) is 0 Å². The first-order valence-corrected chi connectivity index (χ1v) is 5.38. The Balaban J connectivity index is 2.25. The summed E-state index contributed by atoms with van der Waals surface area (Å²) in [6, 6.07) is 0. The van der Waals surface area contributed by atoms with Crippen LogP contribution < -0.4 is 5.32 Å². The van der Waals surface area contributed by atoms with Gasteiger partial charge in [-0.05, 0) is 12.0 Å². The Hall–Kier alpha value is -2.24. The lowest BCUT2D eigenvalue weighted by Gasteiger charge is -2.07. The Kier molecular flexibility index (Phi) is 2.14. The monoisotopic (exact) mass is 230 g/mol. The fourth-order valence-electron chi connectivity index (χ4n) is 2.11. The molecule has 2 aromatic heterocycles. The fourth-order valence-corrected chi connectivity index (χ4v) is 2.11. The number of carbonyl (C=O) groups is 1. The summed E-state index contributed by atoms with van der Waals surface area (Å²) >= 11 is 0. The second-order valence-corrected chi connectivity index (χ2v) is 3.79. The number of carbonyl (C=O) groups excluding carboxylic acids is 1. The van der Waals surface area contributed by atoms with Gasteiger partial charge >= 0.3 is 0 Å². The van der Waals surface area contributed by atoms with Gasteiger partial charge in [-0.2, -0.15) is 0 Å². The van der Waals surface area contributed by atoms with E-state index in [0.29, 0.717) is 17.9 Å².